The van der Waals surface area contributed by atoms with Crippen LogP contribution in [0.25, 0.3) is 0 Å². The Morgan fingerprint density at radius 3 is 2.56 bits per heavy atom. The van der Waals surface area contributed by atoms with Crippen LogP contribution in [0.5, 0.6) is 0 Å². The number of benzene rings is 2. The number of nitrogens with one attached hydrogen (secondary N) is 1. The van der Waals surface area contributed by atoms with E-state index in [1.165, 1.54) is 18.2 Å². The van der Waals surface area contributed by atoms with E-state index in [-0.39, 0.29) is 35.3 Å². The van der Waals surface area contributed by atoms with E-state index in [2.05, 4.69) is 5.32 Å². The number of nitrogens with zero attached hydrogens (tertiary/aromatic N) is 1. The molecule has 4 nitrogen and oxygen atoms in total. The SMILES string of the molecule is NC1CN(CC(=O)c2ccc(F)c(F)c2Nc2ccc(I)cc2F)C1. The van der Waals surface area contributed by atoms with Gasteiger partial charge < -0.3 is 11.1 Å². The first-order valence-electron chi connectivity index (χ1n) is 7.56. The monoisotopic (exact) mass is 461 g/mol. The summed E-state index contributed by atoms with van der Waals surface area (Å²) < 4.78 is 42.6. The van der Waals surface area contributed by atoms with E-state index in [1.807, 2.05) is 27.5 Å². The highest BCUT2D eigenvalue weighted by Crippen LogP contribution is 2.29. The highest BCUT2D eigenvalue weighted by atomic mass is 127. The maximum atomic E-state index is 14.3. The van der Waals surface area contributed by atoms with Crippen LogP contribution in [0, 0.1) is 21.0 Å². The Kier molecular flexibility index (Phi) is 5.30. The van der Waals surface area contributed by atoms with Gasteiger partial charge in [-0.3, -0.25) is 9.69 Å². The molecule has 3 N–H and O–H groups in total. The minimum Gasteiger partial charge on any atom is -0.350 e. The number of anilines is 2. The lowest BCUT2D eigenvalue weighted by atomic mass is 10.0. The van der Waals surface area contributed by atoms with Gasteiger partial charge in [0.2, 0.25) is 0 Å². The van der Waals surface area contributed by atoms with Gasteiger partial charge in [-0.25, -0.2) is 13.2 Å². The molecule has 2 aromatic rings. The number of rotatable bonds is 5. The van der Waals surface area contributed by atoms with E-state index >= 15 is 0 Å². The van der Waals surface area contributed by atoms with Crippen LogP contribution in [0.4, 0.5) is 24.5 Å². The predicted octanol–water partition coefficient (Wildman–Crippen LogP) is 3.28. The van der Waals surface area contributed by atoms with Crippen LogP contribution in [0.3, 0.4) is 0 Å². The van der Waals surface area contributed by atoms with Crippen LogP contribution >= 0.6 is 22.6 Å². The molecule has 1 heterocycles. The van der Waals surface area contributed by atoms with Crippen LogP contribution in [0.2, 0.25) is 0 Å². The van der Waals surface area contributed by atoms with Crippen molar-refractivity contribution in [2.45, 2.75) is 6.04 Å². The molecule has 25 heavy (non-hydrogen) atoms. The molecule has 0 radical (unpaired) electrons. The first kappa shape index (κ1) is 18.2. The van der Waals surface area contributed by atoms with Gasteiger partial charge in [-0.15, -0.1) is 0 Å². The fraction of sp³-hybridized carbons (Fsp3) is 0.235. The molecular weight excluding hydrogens is 446 g/mol. The van der Waals surface area contributed by atoms with E-state index < -0.39 is 17.5 Å². The lowest BCUT2D eigenvalue weighted by molar-refractivity contribution is 0.0844. The van der Waals surface area contributed by atoms with Crippen molar-refractivity contribution in [2.75, 3.05) is 25.0 Å². The highest BCUT2D eigenvalue weighted by molar-refractivity contribution is 14.1. The Hall–Kier alpha value is -1.65. The molecule has 1 aliphatic heterocycles. The zero-order chi connectivity index (χ0) is 18.1. The summed E-state index contributed by atoms with van der Waals surface area (Å²) in [4.78, 5) is 14.3. The Bertz CT molecular complexity index is 825. The van der Waals surface area contributed by atoms with Gasteiger partial charge in [0, 0.05) is 28.3 Å². The minimum atomic E-state index is -1.22. The second-order valence-corrected chi connectivity index (χ2v) is 7.16. The average Bonchev–Trinajstić information content (AvgIpc) is 2.52. The summed E-state index contributed by atoms with van der Waals surface area (Å²) in [6, 6.07) is 6.39. The number of carbonyl (C=O) groups excluding carboxylic acids is 1. The molecule has 0 spiro atoms. The number of halogens is 4. The highest BCUT2D eigenvalue weighted by Gasteiger charge is 2.27. The van der Waals surface area contributed by atoms with Gasteiger partial charge in [-0.1, -0.05) is 0 Å². The summed E-state index contributed by atoms with van der Waals surface area (Å²) in [5, 5.41) is 2.52. The molecule has 1 fully saturated rings. The van der Waals surface area contributed by atoms with Gasteiger partial charge in [0.25, 0.3) is 0 Å². The Balaban J connectivity index is 1.91. The summed E-state index contributed by atoms with van der Waals surface area (Å²) >= 11 is 1.94. The third-order valence-corrected chi connectivity index (χ3v) is 4.61. The maximum Gasteiger partial charge on any atom is 0.182 e. The number of Topliss-reactive ketones (excluding diaryl/α,β-unsaturated/α-hetero) is 1. The van der Waals surface area contributed by atoms with Gasteiger partial charge in [0.05, 0.1) is 17.9 Å². The quantitative estimate of drug-likeness (QED) is 0.531. The molecule has 0 aliphatic carbocycles. The van der Waals surface area contributed by atoms with Crippen molar-refractivity contribution < 1.29 is 18.0 Å². The Labute approximate surface area is 156 Å². The zero-order valence-electron chi connectivity index (χ0n) is 13.0. The zero-order valence-corrected chi connectivity index (χ0v) is 15.2. The molecule has 132 valence electrons. The predicted molar refractivity (Wildman–Crippen MR) is 97.5 cm³/mol. The molecular formula is C17H15F3IN3O. The molecule has 0 aromatic heterocycles. The standard InChI is InChI=1S/C17H15F3IN3O/c18-12-3-2-11(15(25)8-24-6-10(22)7-24)17(16(12)20)23-14-4-1-9(21)5-13(14)19/h1-5,10,23H,6-8,22H2. The molecule has 0 unspecified atom stereocenters. The molecule has 0 amide bonds. The summed E-state index contributed by atoms with van der Waals surface area (Å²) in [5.41, 5.74) is 5.24. The fourth-order valence-electron chi connectivity index (χ4n) is 2.66. The third kappa shape index (κ3) is 3.96. The second kappa shape index (κ2) is 7.30. The fourth-order valence-corrected chi connectivity index (χ4v) is 3.11. The molecule has 3 rings (SSSR count). The Morgan fingerprint density at radius 1 is 1.20 bits per heavy atom. The molecule has 8 heteroatoms. The van der Waals surface area contributed by atoms with Gasteiger partial charge in [0.1, 0.15) is 5.82 Å². The van der Waals surface area contributed by atoms with E-state index in [1.54, 1.807) is 6.07 Å². The summed E-state index contributed by atoms with van der Waals surface area (Å²) in [7, 11) is 0. The van der Waals surface area contributed by atoms with E-state index in [0.717, 1.165) is 6.07 Å². The molecule has 0 bridgehead atoms. The normalized spacial score (nSPS) is 15.1. The van der Waals surface area contributed by atoms with Crippen LogP contribution in [0.1, 0.15) is 10.4 Å². The summed E-state index contributed by atoms with van der Waals surface area (Å²) in [5.74, 6) is -3.35. The molecule has 0 saturated carbocycles. The van der Waals surface area contributed by atoms with Gasteiger partial charge in [0.15, 0.2) is 17.4 Å². The van der Waals surface area contributed by atoms with Crippen LogP contribution in [-0.2, 0) is 0 Å². The van der Waals surface area contributed by atoms with Crippen LogP contribution < -0.4 is 11.1 Å². The third-order valence-electron chi connectivity index (χ3n) is 3.94. The van der Waals surface area contributed by atoms with Crippen molar-refractivity contribution in [3.05, 3.63) is 56.9 Å². The van der Waals surface area contributed by atoms with E-state index in [4.69, 9.17) is 5.73 Å². The molecule has 1 saturated heterocycles. The number of ketones is 1. The van der Waals surface area contributed by atoms with Gasteiger partial charge in [-0.05, 0) is 52.9 Å². The van der Waals surface area contributed by atoms with Crippen molar-refractivity contribution in [1.29, 1.82) is 0 Å². The lowest BCUT2D eigenvalue weighted by Gasteiger charge is -2.36. The van der Waals surface area contributed by atoms with Crippen molar-refractivity contribution in [2.24, 2.45) is 5.73 Å². The average molecular weight is 461 g/mol. The van der Waals surface area contributed by atoms with Crippen molar-refractivity contribution >= 4 is 39.7 Å². The maximum absolute atomic E-state index is 14.3. The number of hydrogen-bond acceptors (Lipinski definition) is 4. The Morgan fingerprint density at radius 2 is 1.92 bits per heavy atom. The molecule has 0 atom stereocenters. The number of carbonyl (C=O) groups is 1. The first-order valence-corrected chi connectivity index (χ1v) is 8.64. The number of nitrogens with two attached hydrogens (primary N) is 1. The number of likely N-dealkylation sites (tertiary alicyclic amines) is 1. The first-order chi connectivity index (χ1) is 11.8. The van der Waals surface area contributed by atoms with Crippen molar-refractivity contribution in [3.63, 3.8) is 0 Å². The van der Waals surface area contributed by atoms with E-state index in [0.29, 0.717) is 16.7 Å². The smallest absolute Gasteiger partial charge is 0.182 e. The van der Waals surface area contributed by atoms with Gasteiger partial charge >= 0.3 is 0 Å². The lowest BCUT2D eigenvalue weighted by Crippen LogP contribution is -2.56. The summed E-state index contributed by atoms with van der Waals surface area (Å²) in [6.45, 7) is 1.19. The van der Waals surface area contributed by atoms with Crippen molar-refractivity contribution in [3.8, 4) is 0 Å². The largest absolute Gasteiger partial charge is 0.350 e. The topological polar surface area (TPSA) is 58.4 Å². The van der Waals surface area contributed by atoms with Crippen LogP contribution in [-0.4, -0.2) is 36.4 Å². The molecule has 1 aliphatic rings. The second-order valence-electron chi connectivity index (χ2n) is 5.91. The van der Waals surface area contributed by atoms with Gasteiger partial charge in [-0.2, -0.15) is 0 Å². The van der Waals surface area contributed by atoms with Crippen LogP contribution in [0.15, 0.2) is 30.3 Å². The minimum absolute atomic E-state index is 0.0243. The molecule has 2 aromatic carbocycles. The summed E-state index contributed by atoms with van der Waals surface area (Å²) in [6.07, 6.45) is 0. The van der Waals surface area contributed by atoms with Crippen molar-refractivity contribution in [1.82, 2.24) is 4.90 Å². The van der Waals surface area contributed by atoms with E-state index in [9.17, 15) is 18.0 Å². The number of hydrogen-bond donors (Lipinski definition) is 2.